The van der Waals surface area contributed by atoms with E-state index in [9.17, 15) is 10.1 Å². The molecule has 0 spiro atoms. The number of hydrogen-bond acceptors (Lipinski definition) is 5. The molecule has 2 aromatic heterocycles. The highest BCUT2D eigenvalue weighted by molar-refractivity contribution is 7.21. The van der Waals surface area contributed by atoms with Gasteiger partial charge < -0.3 is 9.80 Å². The summed E-state index contributed by atoms with van der Waals surface area (Å²) in [5.74, 6) is 0.652. The second kappa shape index (κ2) is 6.94. The molecule has 1 aromatic carbocycles. The predicted molar refractivity (Wildman–Crippen MR) is 104 cm³/mol. The summed E-state index contributed by atoms with van der Waals surface area (Å²) < 4.78 is 1.02. The van der Waals surface area contributed by atoms with Crippen LogP contribution >= 0.6 is 22.9 Å². The van der Waals surface area contributed by atoms with Crippen molar-refractivity contribution in [2.45, 2.75) is 0 Å². The molecular formula is C19H15ClN4OS. The van der Waals surface area contributed by atoms with E-state index in [1.165, 1.54) is 11.3 Å². The van der Waals surface area contributed by atoms with Crippen molar-refractivity contribution >= 4 is 44.7 Å². The van der Waals surface area contributed by atoms with E-state index in [1.54, 1.807) is 18.3 Å². The zero-order valence-corrected chi connectivity index (χ0v) is 15.4. The Balaban J connectivity index is 1.52. The van der Waals surface area contributed by atoms with Crippen LogP contribution in [0.25, 0.3) is 10.1 Å². The van der Waals surface area contributed by atoms with Gasteiger partial charge >= 0.3 is 0 Å². The Bertz CT molecular complexity index is 1020. The summed E-state index contributed by atoms with van der Waals surface area (Å²) in [6, 6.07) is 13.5. The van der Waals surface area contributed by atoms with Crippen LogP contribution in [0.4, 0.5) is 5.82 Å². The van der Waals surface area contributed by atoms with Crippen LogP contribution in [0.1, 0.15) is 15.2 Å². The molecule has 26 heavy (non-hydrogen) atoms. The van der Waals surface area contributed by atoms with Crippen molar-refractivity contribution < 1.29 is 4.79 Å². The standard InChI is InChI=1S/C19H15ClN4OS/c20-16-14-5-1-2-6-15(14)26-17(16)19(25)24-10-8-23(9-11-24)18-13(12-21)4-3-7-22-18/h1-7H,8-11H2. The van der Waals surface area contributed by atoms with Crippen LogP contribution in [0, 0.1) is 11.3 Å². The lowest BCUT2D eigenvalue weighted by atomic mass is 10.2. The fourth-order valence-electron chi connectivity index (χ4n) is 3.15. The SMILES string of the molecule is N#Cc1cccnc1N1CCN(C(=O)c2sc3ccccc3c2Cl)CC1. The Morgan fingerprint density at radius 3 is 2.65 bits per heavy atom. The number of fused-ring (bicyclic) bond motifs is 1. The smallest absolute Gasteiger partial charge is 0.265 e. The van der Waals surface area contributed by atoms with Gasteiger partial charge in [0, 0.05) is 42.5 Å². The number of piperazine rings is 1. The minimum absolute atomic E-state index is 0.0302. The number of anilines is 1. The molecule has 0 unspecified atom stereocenters. The number of aromatic nitrogens is 1. The van der Waals surface area contributed by atoms with E-state index in [1.807, 2.05) is 29.2 Å². The van der Waals surface area contributed by atoms with E-state index < -0.39 is 0 Å². The van der Waals surface area contributed by atoms with Crippen LogP contribution in [0.3, 0.4) is 0 Å². The second-order valence-corrected chi connectivity index (χ2v) is 7.44. The molecule has 0 N–H and O–H groups in total. The zero-order chi connectivity index (χ0) is 18.1. The van der Waals surface area contributed by atoms with Gasteiger partial charge in [0.2, 0.25) is 0 Å². The maximum Gasteiger partial charge on any atom is 0.265 e. The maximum atomic E-state index is 12.9. The number of halogens is 1. The third kappa shape index (κ3) is 2.90. The number of nitriles is 1. The lowest BCUT2D eigenvalue weighted by Gasteiger charge is -2.35. The van der Waals surface area contributed by atoms with Crippen LogP contribution in [0.5, 0.6) is 0 Å². The number of amides is 1. The van der Waals surface area contributed by atoms with Crippen molar-refractivity contribution in [3.8, 4) is 6.07 Å². The van der Waals surface area contributed by atoms with Crippen LogP contribution in [-0.4, -0.2) is 42.0 Å². The van der Waals surface area contributed by atoms with Crippen molar-refractivity contribution in [2.24, 2.45) is 0 Å². The first-order valence-corrected chi connectivity index (χ1v) is 9.45. The Morgan fingerprint density at radius 2 is 1.92 bits per heavy atom. The summed E-state index contributed by atoms with van der Waals surface area (Å²) in [6.45, 7) is 2.43. The molecule has 1 fully saturated rings. The third-order valence-electron chi connectivity index (χ3n) is 4.50. The molecule has 4 rings (SSSR count). The Kier molecular flexibility index (Phi) is 4.49. The maximum absolute atomic E-state index is 12.9. The first-order chi connectivity index (χ1) is 12.7. The molecule has 1 amide bonds. The van der Waals surface area contributed by atoms with Gasteiger partial charge in [-0.15, -0.1) is 11.3 Å². The molecule has 5 nitrogen and oxygen atoms in total. The highest BCUT2D eigenvalue weighted by Gasteiger charge is 2.27. The molecule has 3 aromatic rings. The van der Waals surface area contributed by atoms with Crippen molar-refractivity contribution in [1.82, 2.24) is 9.88 Å². The van der Waals surface area contributed by atoms with Crippen molar-refractivity contribution in [2.75, 3.05) is 31.1 Å². The van der Waals surface area contributed by atoms with Gasteiger partial charge in [-0.3, -0.25) is 4.79 Å². The van der Waals surface area contributed by atoms with Gasteiger partial charge in [-0.25, -0.2) is 4.98 Å². The lowest BCUT2D eigenvalue weighted by molar-refractivity contribution is 0.0751. The van der Waals surface area contributed by atoms with Crippen LogP contribution in [-0.2, 0) is 0 Å². The van der Waals surface area contributed by atoms with E-state index >= 15 is 0 Å². The molecule has 0 aliphatic carbocycles. The Morgan fingerprint density at radius 1 is 1.15 bits per heavy atom. The Labute approximate surface area is 160 Å². The van der Waals surface area contributed by atoms with E-state index in [0.29, 0.717) is 47.5 Å². The zero-order valence-electron chi connectivity index (χ0n) is 13.9. The summed E-state index contributed by atoms with van der Waals surface area (Å²) in [5.41, 5.74) is 0.555. The number of hydrogen-bond donors (Lipinski definition) is 0. The van der Waals surface area contributed by atoms with Gasteiger partial charge in [-0.2, -0.15) is 5.26 Å². The largest absolute Gasteiger partial charge is 0.352 e. The number of pyridine rings is 1. The predicted octanol–water partition coefficient (Wildman–Crippen LogP) is 3.78. The summed E-state index contributed by atoms with van der Waals surface area (Å²) in [5, 5.41) is 10.7. The Hall–Kier alpha value is -2.62. The molecule has 1 saturated heterocycles. The van der Waals surface area contributed by atoms with Crippen molar-refractivity contribution in [3.63, 3.8) is 0 Å². The quantitative estimate of drug-likeness (QED) is 0.676. The molecule has 3 heterocycles. The molecule has 130 valence electrons. The van der Waals surface area contributed by atoms with Crippen LogP contribution in [0.2, 0.25) is 5.02 Å². The molecule has 7 heteroatoms. The average molecular weight is 383 g/mol. The summed E-state index contributed by atoms with van der Waals surface area (Å²) >= 11 is 7.88. The molecule has 0 radical (unpaired) electrons. The summed E-state index contributed by atoms with van der Waals surface area (Å²) in [6.07, 6.45) is 1.69. The molecule has 0 saturated carbocycles. The third-order valence-corrected chi connectivity index (χ3v) is 6.17. The average Bonchev–Trinajstić information content (AvgIpc) is 3.04. The summed E-state index contributed by atoms with van der Waals surface area (Å²) in [7, 11) is 0. The summed E-state index contributed by atoms with van der Waals surface area (Å²) in [4.78, 5) is 21.7. The molecular weight excluding hydrogens is 368 g/mol. The van der Waals surface area contributed by atoms with Gasteiger partial charge in [-0.1, -0.05) is 29.8 Å². The molecule has 1 aliphatic heterocycles. The molecule has 0 bridgehead atoms. The van der Waals surface area contributed by atoms with Gasteiger partial charge in [0.1, 0.15) is 16.8 Å². The minimum Gasteiger partial charge on any atom is -0.352 e. The van der Waals surface area contributed by atoms with E-state index in [0.717, 1.165) is 10.1 Å². The van der Waals surface area contributed by atoms with E-state index in [4.69, 9.17) is 11.6 Å². The van der Waals surface area contributed by atoms with Gasteiger partial charge in [0.25, 0.3) is 5.91 Å². The number of carbonyl (C=O) groups is 1. The highest BCUT2D eigenvalue weighted by Crippen LogP contribution is 2.36. The number of nitrogens with zero attached hydrogens (tertiary/aromatic N) is 4. The number of benzene rings is 1. The van der Waals surface area contributed by atoms with E-state index in [-0.39, 0.29) is 5.91 Å². The van der Waals surface area contributed by atoms with Crippen LogP contribution < -0.4 is 4.90 Å². The molecule has 0 atom stereocenters. The number of rotatable bonds is 2. The number of carbonyl (C=O) groups excluding carboxylic acids is 1. The minimum atomic E-state index is -0.0302. The van der Waals surface area contributed by atoms with Crippen LogP contribution in [0.15, 0.2) is 42.6 Å². The highest BCUT2D eigenvalue weighted by atomic mass is 35.5. The normalized spacial score (nSPS) is 14.5. The molecule has 1 aliphatic rings. The monoisotopic (exact) mass is 382 g/mol. The van der Waals surface area contributed by atoms with Crippen molar-refractivity contribution in [1.29, 1.82) is 5.26 Å². The van der Waals surface area contributed by atoms with Gasteiger partial charge in [-0.05, 0) is 18.2 Å². The topological polar surface area (TPSA) is 60.2 Å². The fourth-order valence-corrected chi connectivity index (χ4v) is 4.63. The van der Waals surface area contributed by atoms with Gasteiger partial charge in [0.05, 0.1) is 10.6 Å². The number of thiophene rings is 1. The second-order valence-electron chi connectivity index (χ2n) is 6.01. The lowest BCUT2D eigenvalue weighted by Crippen LogP contribution is -2.49. The first-order valence-electron chi connectivity index (χ1n) is 8.25. The van der Waals surface area contributed by atoms with Gasteiger partial charge in [0.15, 0.2) is 0 Å². The van der Waals surface area contributed by atoms with Crippen molar-refractivity contribution in [3.05, 3.63) is 58.1 Å². The van der Waals surface area contributed by atoms with E-state index in [2.05, 4.69) is 16.0 Å². The fraction of sp³-hybridized carbons (Fsp3) is 0.211. The first kappa shape index (κ1) is 16.8.